The van der Waals surface area contributed by atoms with Crippen LogP contribution in [0, 0.1) is 16.7 Å². The number of Topliss-reactive ketones (excluding diaryl/α,β-unsaturated/α-hetero) is 1. The van der Waals surface area contributed by atoms with E-state index >= 15 is 0 Å². The molecule has 0 amide bonds. The lowest BCUT2D eigenvalue weighted by Gasteiger charge is -2.71. The fourth-order valence-electron chi connectivity index (χ4n) is 8.45. The Morgan fingerprint density at radius 1 is 1.12 bits per heavy atom. The highest BCUT2D eigenvalue weighted by molar-refractivity contribution is 6.63. The summed E-state index contributed by atoms with van der Waals surface area (Å²) in [7, 11) is 1.92. The van der Waals surface area contributed by atoms with Gasteiger partial charge in [0.25, 0.3) is 0 Å². The molecule has 3 N–H and O–H groups in total. The van der Waals surface area contributed by atoms with Gasteiger partial charge < -0.3 is 24.8 Å². The van der Waals surface area contributed by atoms with Gasteiger partial charge in [0.2, 0.25) is 0 Å². The zero-order valence-electron chi connectivity index (χ0n) is 25.2. The molecule has 0 spiro atoms. The maximum Gasteiger partial charge on any atom is 0.320 e. The molecule has 4 rings (SSSR count). The first kappa shape index (κ1) is 35.0. The van der Waals surface area contributed by atoms with Crippen LogP contribution in [0.5, 0.6) is 0 Å². The Bertz CT molecular complexity index is 988. The minimum Gasteiger partial charge on any atom is -0.458 e. The number of aliphatic hydroxyl groups is 3. The fourth-order valence-corrected chi connectivity index (χ4v) is 8.45. The molecule has 8 atom stereocenters. The van der Waals surface area contributed by atoms with E-state index in [1.165, 1.54) is 19.4 Å². The van der Waals surface area contributed by atoms with Gasteiger partial charge in [-0.05, 0) is 52.0 Å². The summed E-state index contributed by atoms with van der Waals surface area (Å²) >= 11 is 14.4. The Hall–Kier alpha value is -0.450. The number of hydrogen-bond donors (Lipinski definition) is 3. The molecule has 0 aromatic carbocycles. The predicted molar refractivity (Wildman–Crippen MR) is 160 cm³/mol. The maximum absolute atomic E-state index is 13.8. The zero-order chi connectivity index (χ0) is 31.2. The van der Waals surface area contributed by atoms with E-state index in [-0.39, 0.29) is 13.0 Å². The first-order valence-corrected chi connectivity index (χ1v) is 15.9. The van der Waals surface area contributed by atoms with E-state index in [1.54, 1.807) is 13.8 Å². The average molecular weight is 641 g/mol. The monoisotopic (exact) mass is 639 g/mol. The van der Waals surface area contributed by atoms with E-state index in [0.717, 1.165) is 25.7 Å². The third kappa shape index (κ3) is 6.11. The second-order valence-corrected chi connectivity index (χ2v) is 15.7. The Labute approximate surface area is 259 Å². The first-order valence-electron chi connectivity index (χ1n) is 14.6. The quantitative estimate of drug-likeness (QED) is 0.224. The molecule has 3 saturated carbocycles. The van der Waals surface area contributed by atoms with Crippen molar-refractivity contribution in [2.45, 2.75) is 131 Å². The number of fused-ring (bicyclic) bond motifs is 3. The van der Waals surface area contributed by atoms with Gasteiger partial charge in [-0.15, -0.1) is 6.58 Å². The molecule has 0 aromatic heterocycles. The molecule has 4 aliphatic rings. The van der Waals surface area contributed by atoms with Crippen molar-refractivity contribution in [1.29, 1.82) is 0 Å². The van der Waals surface area contributed by atoms with Crippen LogP contribution in [0.4, 0.5) is 0 Å². The van der Waals surface area contributed by atoms with E-state index in [2.05, 4.69) is 6.58 Å². The summed E-state index contributed by atoms with van der Waals surface area (Å²) in [6.07, 6.45) is 4.23. The van der Waals surface area contributed by atoms with Crippen LogP contribution in [0.3, 0.4) is 0 Å². The van der Waals surface area contributed by atoms with Crippen LogP contribution in [0.1, 0.15) is 86.0 Å². The van der Waals surface area contributed by atoms with Crippen LogP contribution in [0.2, 0.25) is 0 Å². The van der Waals surface area contributed by atoms with Gasteiger partial charge in [-0.25, -0.2) is 0 Å². The highest BCUT2D eigenvalue weighted by Crippen LogP contribution is 2.67. The number of alkyl halides is 3. The Kier molecular flexibility index (Phi) is 10.7. The third-order valence-corrected chi connectivity index (χ3v) is 10.6. The van der Waals surface area contributed by atoms with E-state index in [1.807, 2.05) is 25.8 Å². The van der Waals surface area contributed by atoms with Crippen LogP contribution in [-0.2, 0) is 19.1 Å². The van der Waals surface area contributed by atoms with Crippen molar-refractivity contribution in [2.24, 2.45) is 16.7 Å². The number of aliphatic hydroxyl groups excluding tert-OH is 2. The maximum atomic E-state index is 13.8. The van der Waals surface area contributed by atoms with Gasteiger partial charge in [0, 0.05) is 23.8 Å². The smallest absolute Gasteiger partial charge is 0.320 e. The zero-order valence-corrected chi connectivity index (χ0v) is 27.4. The number of carbonyl (C=O) groups is 2. The van der Waals surface area contributed by atoms with Crippen LogP contribution in [-0.4, -0.2) is 91.0 Å². The molecular weight excluding hydrogens is 593 g/mol. The van der Waals surface area contributed by atoms with Crippen LogP contribution in [0.25, 0.3) is 0 Å². The van der Waals surface area contributed by atoms with Gasteiger partial charge in [-0.3, -0.25) is 14.5 Å². The van der Waals surface area contributed by atoms with Crippen molar-refractivity contribution in [3.63, 3.8) is 0 Å². The number of ketones is 1. The second kappa shape index (κ2) is 12.5. The number of nitrogens with zero attached hydrogens (tertiary/aromatic N) is 1. The first-order chi connectivity index (χ1) is 18.8. The number of carbonyl (C=O) groups excluding carboxylic acids is 2. The highest BCUT2D eigenvalue weighted by Gasteiger charge is 2.81. The van der Waals surface area contributed by atoms with Gasteiger partial charge in [-0.2, -0.15) is 0 Å². The Balaban J connectivity index is 0.00000108. The number of likely N-dealkylation sites (N-methyl/N-ethyl adjacent to an activating group) is 1. The number of rotatable bonds is 5. The van der Waals surface area contributed by atoms with Gasteiger partial charge >= 0.3 is 5.97 Å². The highest BCUT2D eigenvalue weighted by atomic mass is 35.6. The van der Waals surface area contributed by atoms with Crippen LogP contribution < -0.4 is 0 Å². The minimum atomic E-state index is -2.20. The fraction of sp³-hybridized carbons (Fsp3) is 0.867. The third-order valence-electron chi connectivity index (χ3n) is 10.6. The topological polar surface area (TPSA) is 117 Å². The predicted octanol–water partition coefficient (Wildman–Crippen LogP) is 4.75. The summed E-state index contributed by atoms with van der Waals surface area (Å²) in [5, 5.41) is 35.7. The standard InChI is InChI=1S/C29H47NO7.CHCl3/c1-8-26(4)16-20(32)29(35)27(5)19(31)14-15-25(2,3)23(27)22(24(34)28(29,6)37-26)36-21(33)17-30(7)18-12-10-9-11-13-18;2-1(3)4/h8,18-19,22-24,31,34-35H,1,9-17H2,2-7H3;1H/t19-,22?,23?,24?,26-,27?,28+,29-;/m0./s1. The van der Waals surface area contributed by atoms with Crippen molar-refractivity contribution in [3.05, 3.63) is 12.7 Å². The van der Waals surface area contributed by atoms with Crippen molar-refractivity contribution in [1.82, 2.24) is 4.90 Å². The molecular formula is C30H48Cl3NO7. The number of esters is 1. The van der Waals surface area contributed by atoms with Crippen LogP contribution in [0.15, 0.2) is 12.7 Å². The van der Waals surface area contributed by atoms with Gasteiger partial charge in [0.05, 0.1) is 18.2 Å². The van der Waals surface area contributed by atoms with Crippen molar-refractivity contribution in [3.8, 4) is 0 Å². The normalized spacial score (nSPS) is 42.5. The van der Waals surface area contributed by atoms with Crippen molar-refractivity contribution < 1.29 is 34.4 Å². The molecule has 3 aliphatic carbocycles. The molecule has 1 saturated heterocycles. The summed E-state index contributed by atoms with van der Waals surface area (Å²) in [6, 6.07) is 0.311. The van der Waals surface area contributed by atoms with E-state index in [4.69, 9.17) is 44.3 Å². The summed E-state index contributed by atoms with van der Waals surface area (Å²) in [4.78, 5) is 29.2. The van der Waals surface area contributed by atoms with Crippen molar-refractivity contribution in [2.75, 3.05) is 13.6 Å². The molecule has 0 bridgehead atoms. The van der Waals surface area contributed by atoms with Crippen molar-refractivity contribution >= 4 is 46.6 Å². The number of ether oxygens (including phenoxy) is 2. The molecule has 8 nitrogen and oxygen atoms in total. The minimum absolute atomic E-state index is 0.0748. The van der Waals surface area contributed by atoms with E-state index in [9.17, 15) is 24.9 Å². The van der Waals surface area contributed by atoms with E-state index < -0.39 is 67.9 Å². The largest absolute Gasteiger partial charge is 0.458 e. The number of halogens is 3. The molecule has 0 aromatic rings. The second-order valence-electron chi connectivity index (χ2n) is 13.7. The lowest BCUT2D eigenvalue weighted by molar-refractivity contribution is -0.370. The Morgan fingerprint density at radius 2 is 1.68 bits per heavy atom. The number of hydrogen-bond acceptors (Lipinski definition) is 8. The Morgan fingerprint density at radius 3 is 2.22 bits per heavy atom. The van der Waals surface area contributed by atoms with Gasteiger partial charge in [0.15, 0.2) is 15.7 Å². The lowest BCUT2D eigenvalue weighted by Crippen LogP contribution is -2.86. The average Bonchev–Trinajstić information content (AvgIpc) is 2.88. The summed E-state index contributed by atoms with van der Waals surface area (Å²) in [5.41, 5.74) is -7.15. The summed E-state index contributed by atoms with van der Waals surface area (Å²) in [5.74, 6) is -1.67. The molecule has 4 fully saturated rings. The molecule has 1 aliphatic heterocycles. The molecule has 4 unspecified atom stereocenters. The van der Waals surface area contributed by atoms with E-state index in [0.29, 0.717) is 18.9 Å². The molecule has 41 heavy (non-hydrogen) atoms. The summed E-state index contributed by atoms with van der Waals surface area (Å²) < 4.78 is 11.7. The van der Waals surface area contributed by atoms with Crippen LogP contribution >= 0.6 is 34.8 Å². The molecule has 11 heteroatoms. The lowest BCUT2D eigenvalue weighted by atomic mass is 9.40. The van der Waals surface area contributed by atoms with Gasteiger partial charge in [0.1, 0.15) is 17.8 Å². The summed E-state index contributed by atoms with van der Waals surface area (Å²) in [6.45, 7) is 12.7. The molecule has 1 heterocycles. The SMILES string of the molecule is C=C[C@@]1(C)CC(=O)[C@]2(O)C3(C)C(C(OC(=O)CN(C)C4CCCCC4)C(O)[C@@]2(C)O1)C(C)(C)CC[C@@H]3O.ClC(Cl)Cl. The molecule has 0 radical (unpaired) electrons. The van der Waals surface area contributed by atoms with Gasteiger partial charge in [-0.1, -0.05) is 80.9 Å². The molecule has 236 valence electrons.